The highest BCUT2D eigenvalue weighted by atomic mass is 32.1. The van der Waals surface area contributed by atoms with Gasteiger partial charge in [-0.2, -0.15) is 0 Å². The van der Waals surface area contributed by atoms with Crippen molar-refractivity contribution in [2.24, 2.45) is 0 Å². The lowest BCUT2D eigenvalue weighted by Gasteiger charge is -2.30. The highest BCUT2D eigenvalue weighted by Crippen LogP contribution is 2.66. The Morgan fingerprint density at radius 3 is 1.58 bits per heavy atom. The fraction of sp³-hybridized carbons (Fsp3) is 0.0200. The molecular weight excluding hydrogens is 647 g/mol. The minimum absolute atomic E-state index is 0.369. The maximum absolute atomic E-state index is 5.10. The van der Waals surface area contributed by atoms with Crippen molar-refractivity contribution in [3.8, 4) is 66.3 Å². The number of aromatic nitrogens is 1. The molecule has 0 saturated heterocycles. The molecule has 242 valence electrons. The molecule has 2 aliphatic rings. The van der Waals surface area contributed by atoms with Crippen LogP contribution in [0.15, 0.2) is 188 Å². The van der Waals surface area contributed by atoms with E-state index in [1.165, 1.54) is 70.6 Å². The van der Waals surface area contributed by atoms with Gasteiger partial charge in [0.25, 0.3) is 0 Å². The minimum atomic E-state index is -0.369. The SMILES string of the molecule is c1ccc(-c2cc(-c3ccc(-c4ccc5c(c4)C4(c6ccccc6-5)c5ccccc5-c5sc6ccccc6c54)cc3)cc(-c3ccccc3)n2)cc1. The van der Waals surface area contributed by atoms with Gasteiger partial charge in [-0.15, -0.1) is 11.3 Å². The Hall–Kier alpha value is -6.35. The Balaban J connectivity index is 1.07. The van der Waals surface area contributed by atoms with E-state index in [1.54, 1.807) is 0 Å². The third-order valence-corrected chi connectivity index (χ3v) is 12.3. The second kappa shape index (κ2) is 11.3. The summed E-state index contributed by atoms with van der Waals surface area (Å²) in [7, 11) is 0. The third-order valence-electron chi connectivity index (χ3n) is 11.1. The van der Waals surface area contributed by atoms with Crippen LogP contribution < -0.4 is 0 Å². The van der Waals surface area contributed by atoms with Gasteiger partial charge >= 0.3 is 0 Å². The molecule has 0 amide bonds. The van der Waals surface area contributed by atoms with Gasteiger partial charge in [-0.3, -0.25) is 0 Å². The lowest BCUT2D eigenvalue weighted by atomic mass is 9.70. The molecule has 2 aromatic heterocycles. The van der Waals surface area contributed by atoms with E-state index in [0.717, 1.165) is 28.1 Å². The third kappa shape index (κ3) is 4.19. The van der Waals surface area contributed by atoms with Gasteiger partial charge in [0.1, 0.15) is 0 Å². The van der Waals surface area contributed by atoms with Crippen molar-refractivity contribution < 1.29 is 0 Å². The van der Waals surface area contributed by atoms with E-state index >= 15 is 0 Å². The first kappa shape index (κ1) is 29.4. The number of hydrogen-bond donors (Lipinski definition) is 0. The molecule has 1 unspecified atom stereocenters. The van der Waals surface area contributed by atoms with Crippen LogP contribution in [0.5, 0.6) is 0 Å². The predicted molar refractivity (Wildman–Crippen MR) is 218 cm³/mol. The van der Waals surface area contributed by atoms with Gasteiger partial charge in [-0.1, -0.05) is 164 Å². The van der Waals surface area contributed by atoms with Crippen molar-refractivity contribution in [3.63, 3.8) is 0 Å². The molecule has 1 spiro atoms. The van der Waals surface area contributed by atoms with Crippen molar-refractivity contribution in [2.75, 3.05) is 0 Å². The summed E-state index contributed by atoms with van der Waals surface area (Å²) in [6.07, 6.45) is 0. The van der Waals surface area contributed by atoms with Crippen LogP contribution in [0.4, 0.5) is 0 Å². The van der Waals surface area contributed by atoms with Crippen molar-refractivity contribution in [1.29, 1.82) is 0 Å². The Morgan fingerprint density at radius 1 is 0.365 bits per heavy atom. The zero-order valence-electron chi connectivity index (χ0n) is 28.3. The predicted octanol–water partition coefficient (Wildman–Crippen LogP) is 13.3. The summed E-state index contributed by atoms with van der Waals surface area (Å²) >= 11 is 1.93. The minimum Gasteiger partial charge on any atom is -0.248 e. The number of nitrogens with zero attached hydrogens (tertiary/aromatic N) is 1. The second-order valence-corrected chi connectivity index (χ2v) is 14.9. The molecule has 0 fully saturated rings. The van der Waals surface area contributed by atoms with E-state index in [-0.39, 0.29) is 5.41 Å². The van der Waals surface area contributed by atoms with Crippen LogP contribution in [-0.4, -0.2) is 4.98 Å². The lowest BCUT2D eigenvalue weighted by Crippen LogP contribution is -2.25. The fourth-order valence-corrected chi connectivity index (χ4v) is 10.1. The first-order valence-corrected chi connectivity index (χ1v) is 18.7. The van der Waals surface area contributed by atoms with E-state index in [9.17, 15) is 0 Å². The molecule has 0 radical (unpaired) electrons. The van der Waals surface area contributed by atoms with Crippen molar-refractivity contribution in [2.45, 2.75) is 5.41 Å². The van der Waals surface area contributed by atoms with Gasteiger partial charge in [0.15, 0.2) is 0 Å². The van der Waals surface area contributed by atoms with E-state index < -0.39 is 0 Å². The number of hydrogen-bond acceptors (Lipinski definition) is 2. The molecule has 2 aliphatic carbocycles. The van der Waals surface area contributed by atoms with Gasteiger partial charge in [0.05, 0.1) is 16.8 Å². The van der Waals surface area contributed by atoms with Crippen LogP contribution in [0, 0.1) is 0 Å². The van der Waals surface area contributed by atoms with Gasteiger partial charge in [0, 0.05) is 20.7 Å². The van der Waals surface area contributed by atoms with Crippen LogP contribution in [0.25, 0.3) is 76.4 Å². The number of pyridine rings is 1. The molecule has 1 atom stereocenters. The molecular formula is C50H31NS. The summed E-state index contributed by atoms with van der Waals surface area (Å²) < 4.78 is 1.35. The van der Waals surface area contributed by atoms with Crippen LogP contribution in [0.3, 0.4) is 0 Å². The maximum Gasteiger partial charge on any atom is 0.0740 e. The Morgan fingerprint density at radius 2 is 0.885 bits per heavy atom. The molecule has 0 saturated carbocycles. The topological polar surface area (TPSA) is 12.9 Å². The maximum atomic E-state index is 5.10. The first-order valence-electron chi connectivity index (χ1n) is 17.9. The fourth-order valence-electron chi connectivity index (χ4n) is 8.83. The summed E-state index contributed by atoms with van der Waals surface area (Å²) in [5.41, 5.74) is 18.2. The summed E-state index contributed by atoms with van der Waals surface area (Å²) in [5, 5.41) is 1.36. The van der Waals surface area contributed by atoms with Crippen molar-refractivity contribution >= 4 is 21.4 Å². The normalized spacial score (nSPS) is 15.0. The van der Waals surface area contributed by atoms with Crippen molar-refractivity contribution in [1.82, 2.24) is 4.98 Å². The van der Waals surface area contributed by atoms with Crippen LogP contribution in [0.1, 0.15) is 22.3 Å². The van der Waals surface area contributed by atoms with Gasteiger partial charge in [0.2, 0.25) is 0 Å². The largest absolute Gasteiger partial charge is 0.248 e. The average molecular weight is 678 g/mol. The molecule has 2 heterocycles. The molecule has 0 N–H and O–H groups in total. The number of fused-ring (bicyclic) bond motifs is 12. The summed E-state index contributed by atoms with van der Waals surface area (Å²) in [6.45, 7) is 0. The Kier molecular flexibility index (Phi) is 6.40. The standard InChI is InChI=1S/C50H31NS/c1-3-13-34(14-4-1)45-30-37(31-46(51-45)35-15-5-2-6-16-35)33-25-23-32(24-26-33)36-27-28-39-38-17-7-10-20-42(38)50(44(39)29-36)43-21-11-8-18-40(43)49-48(50)41-19-9-12-22-47(41)52-49/h1-31H. The molecule has 9 aromatic rings. The van der Waals surface area contributed by atoms with Crippen LogP contribution >= 0.6 is 11.3 Å². The Bertz CT molecular complexity index is 2770. The molecule has 1 nitrogen and oxygen atoms in total. The van der Waals surface area contributed by atoms with Gasteiger partial charge in [-0.05, 0) is 90.8 Å². The molecule has 52 heavy (non-hydrogen) atoms. The van der Waals surface area contributed by atoms with Gasteiger partial charge in [-0.25, -0.2) is 4.98 Å². The Labute approximate surface area is 307 Å². The summed E-state index contributed by atoms with van der Waals surface area (Å²) in [4.78, 5) is 6.50. The van der Waals surface area contributed by atoms with Crippen LogP contribution in [0.2, 0.25) is 0 Å². The van der Waals surface area contributed by atoms with E-state index in [2.05, 4.69) is 188 Å². The first-order chi connectivity index (χ1) is 25.8. The highest BCUT2D eigenvalue weighted by Gasteiger charge is 2.53. The second-order valence-electron chi connectivity index (χ2n) is 13.8. The monoisotopic (exact) mass is 677 g/mol. The van der Waals surface area contributed by atoms with Crippen molar-refractivity contribution in [3.05, 3.63) is 210 Å². The molecule has 0 bridgehead atoms. The van der Waals surface area contributed by atoms with Crippen LogP contribution in [-0.2, 0) is 5.41 Å². The molecule has 0 aliphatic heterocycles. The van der Waals surface area contributed by atoms with E-state index in [4.69, 9.17) is 4.98 Å². The number of rotatable bonds is 4. The summed E-state index contributed by atoms with van der Waals surface area (Å²) in [5.74, 6) is 0. The van der Waals surface area contributed by atoms with E-state index in [0.29, 0.717) is 0 Å². The zero-order valence-corrected chi connectivity index (χ0v) is 29.1. The molecule has 2 heteroatoms. The smallest absolute Gasteiger partial charge is 0.0740 e. The van der Waals surface area contributed by atoms with Gasteiger partial charge < -0.3 is 0 Å². The number of benzene rings is 7. The zero-order chi connectivity index (χ0) is 34.2. The number of thiophene rings is 1. The highest BCUT2D eigenvalue weighted by molar-refractivity contribution is 7.22. The lowest BCUT2D eigenvalue weighted by molar-refractivity contribution is 0.803. The quantitative estimate of drug-likeness (QED) is 0.181. The average Bonchev–Trinajstić information content (AvgIpc) is 3.85. The van der Waals surface area contributed by atoms with E-state index in [1.807, 2.05) is 11.3 Å². The summed E-state index contributed by atoms with van der Waals surface area (Å²) in [6, 6.07) is 68.8. The molecule has 11 rings (SSSR count). The molecule has 7 aromatic carbocycles.